The molecular formula is C14H19N3O. The summed E-state index contributed by atoms with van der Waals surface area (Å²) in [4.78, 5) is 12.0. The Bertz CT molecular complexity index is 437. The molecule has 96 valence electrons. The molecule has 18 heavy (non-hydrogen) atoms. The Balaban J connectivity index is 2.69. The van der Waals surface area contributed by atoms with Crippen LogP contribution in [0, 0.1) is 17.2 Å². The van der Waals surface area contributed by atoms with Gasteiger partial charge in [0.15, 0.2) is 0 Å². The molecule has 0 fully saturated rings. The van der Waals surface area contributed by atoms with Crippen LogP contribution in [0.15, 0.2) is 24.3 Å². The molecule has 0 bridgehead atoms. The van der Waals surface area contributed by atoms with Crippen molar-refractivity contribution in [1.29, 1.82) is 5.26 Å². The quantitative estimate of drug-likeness (QED) is 0.795. The number of rotatable bonds is 6. The van der Waals surface area contributed by atoms with Crippen molar-refractivity contribution < 1.29 is 4.79 Å². The minimum absolute atomic E-state index is 0.108. The molecule has 0 radical (unpaired) electrons. The number of nitriles is 1. The molecule has 1 amide bonds. The zero-order valence-corrected chi connectivity index (χ0v) is 10.9. The molecule has 1 aromatic rings. The average Bonchev–Trinajstić information content (AvgIpc) is 2.42. The van der Waals surface area contributed by atoms with Crippen LogP contribution in [0.1, 0.15) is 22.8 Å². The molecule has 0 aromatic heterocycles. The zero-order chi connectivity index (χ0) is 13.4. The Morgan fingerprint density at radius 1 is 1.44 bits per heavy atom. The van der Waals surface area contributed by atoms with E-state index in [9.17, 15) is 4.79 Å². The highest BCUT2D eigenvalue weighted by Gasteiger charge is 2.11. The fourth-order valence-corrected chi connectivity index (χ4v) is 1.61. The van der Waals surface area contributed by atoms with Crippen LogP contribution < -0.4 is 10.6 Å². The minimum Gasteiger partial charge on any atom is -0.351 e. The van der Waals surface area contributed by atoms with E-state index in [0.29, 0.717) is 12.1 Å². The van der Waals surface area contributed by atoms with Crippen LogP contribution in [0.25, 0.3) is 0 Å². The Labute approximate surface area is 108 Å². The summed E-state index contributed by atoms with van der Waals surface area (Å²) in [6.45, 7) is 3.00. The topological polar surface area (TPSA) is 64.9 Å². The lowest BCUT2D eigenvalue weighted by Crippen LogP contribution is -2.29. The Hall–Kier alpha value is -1.86. The second-order valence-electron chi connectivity index (χ2n) is 4.25. The van der Waals surface area contributed by atoms with Crippen molar-refractivity contribution in [2.75, 3.05) is 20.1 Å². The van der Waals surface area contributed by atoms with E-state index < -0.39 is 0 Å². The van der Waals surface area contributed by atoms with Crippen LogP contribution in [0.3, 0.4) is 0 Å². The van der Waals surface area contributed by atoms with Crippen molar-refractivity contribution in [3.8, 4) is 6.07 Å². The van der Waals surface area contributed by atoms with Crippen LogP contribution in [0.4, 0.5) is 0 Å². The highest BCUT2D eigenvalue weighted by molar-refractivity contribution is 5.95. The van der Waals surface area contributed by atoms with Crippen molar-refractivity contribution in [2.24, 2.45) is 5.92 Å². The van der Waals surface area contributed by atoms with Crippen molar-refractivity contribution in [3.05, 3.63) is 35.4 Å². The fourth-order valence-electron chi connectivity index (χ4n) is 1.61. The highest BCUT2D eigenvalue weighted by atomic mass is 16.1. The third-order valence-corrected chi connectivity index (χ3v) is 2.70. The van der Waals surface area contributed by atoms with E-state index in [1.807, 2.05) is 31.3 Å². The summed E-state index contributed by atoms with van der Waals surface area (Å²) in [5, 5.41) is 14.5. The SMILES string of the molecule is CNCCc1ccccc1C(=O)NCC(C)C#N. The van der Waals surface area contributed by atoms with Gasteiger partial charge >= 0.3 is 0 Å². The second kappa shape index (κ2) is 7.46. The molecule has 1 atom stereocenters. The molecule has 0 spiro atoms. The molecule has 0 heterocycles. The summed E-state index contributed by atoms with van der Waals surface area (Å²) in [6.07, 6.45) is 0.813. The minimum atomic E-state index is -0.168. The van der Waals surface area contributed by atoms with Gasteiger partial charge in [-0.1, -0.05) is 18.2 Å². The molecule has 4 nitrogen and oxygen atoms in total. The van der Waals surface area contributed by atoms with Gasteiger partial charge in [0.05, 0.1) is 12.0 Å². The van der Waals surface area contributed by atoms with Crippen LogP contribution >= 0.6 is 0 Å². The van der Waals surface area contributed by atoms with Gasteiger partial charge in [0.2, 0.25) is 0 Å². The van der Waals surface area contributed by atoms with Gasteiger partial charge in [-0.05, 0) is 38.6 Å². The maximum atomic E-state index is 12.0. The monoisotopic (exact) mass is 245 g/mol. The lowest BCUT2D eigenvalue weighted by atomic mass is 10.0. The van der Waals surface area contributed by atoms with Gasteiger partial charge in [-0.3, -0.25) is 4.79 Å². The summed E-state index contributed by atoms with van der Waals surface area (Å²) in [6, 6.07) is 9.65. The maximum absolute atomic E-state index is 12.0. The molecule has 0 aliphatic heterocycles. The van der Waals surface area contributed by atoms with E-state index in [4.69, 9.17) is 5.26 Å². The lowest BCUT2D eigenvalue weighted by molar-refractivity contribution is 0.0950. The smallest absolute Gasteiger partial charge is 0.251 e. The number of amides is 1. The van der Waals surface area contributed by atoms with Gasteiger partial charge in [-0.25, -0.2) is 0 Å². The summed E-state index contributed by atoms with van der Waals surface area (Å²) in [5.74, 6) is -0.276. The Morgan fingerprint density at radius 3 is 2.83 bits per heavy atom. The average molecular weight is 245 g/mol. The lowest BCUT2D eigenvalue weighted by Gasteiger charge is -2.10. The number of hydrogen-bond donors (Lipinski definition) is 2. The van der Waals surface area contributed by atoms with Crippen LogP contribution in [0.2, 0.25) is 0 Å². The number of carbonyl (C=O) groups is 1. The first kappa shape index (κ1) is 14.2. The van der Waals surface area contributed by atoms with Crippen molar-refractivity contribution >= 4 is 5.91 Å². The number of likely N-dealkylation sites (N-methyl/N-ethyl adjacent to an activating group) is 1. The van der Waals surface area contributed by atoms with Gasteiger partial charge in [0, 0.05) is 12.1 Å². The first-order valence-corrected chi connectivity index (χ1v) is 6.09. The van der Waals surface area contributed by atoms with Crippen LogP contribution in [0.5, 0.6) is 0 Å². The predicted octanol–water partition coefficient (Wildman–Crippen LogP) is 1.34. The standard InChI is InChI=1S/C14H19N3O/c1-11(9-15)10-17-14(18)13-6-4-3-5-12(13)7-8-16-2/h3-6,11,16H,7-8,10H2,1-2H3,(H,17,18). The fraction of sp³-hybridized carbons (Fsp3) is 0.429. The van der Waals surface area contributed by atoms with E-state index in [1.54, 1.807) is 6.92 Å². The summed E-state index contributed by atoms with van der Waals surface area (Å²) in [5.41, 5.74) is 1.71. The van der Waals surface area contributed by atoms with Crippen molar-refractivity contribution in [1.82, 2.24) is 10.6 Å². The van der Waals surface area contributed by atoms with Crippen molar-refractivity contribution in [3.63, 3.8) is 0 Å². The maximum Gasteiger partial charge on any atom is 0.251 e. The molecule has 1 aromatic carbocycles. The highest BCUT2D eigenvalue weighted by Crippen LogP contribution is 2.09. The zero-order valence-electron chi connectivity index (χ0n) is 10.9. The number of hydrogen-bond acceptors (Lipinski definition) is 3. The summed E-state index contributed by atoms with van der Waals surface area (Å²) >= 11 is 0. The Morgan fingerprint density at radius 2 is 2.17 bits per heavy atom. The number of benzene rings is 1. The Kier molecular flexibility index (Phi) is 5.89. The van der Waals surface area contributed by atoms with Gasteiger partial charge in [-0.15, -0.1) is 0 Å². The second-order valence-corrected chi connectivity index (χ2v) is 4.25. The first-order chi connectivity index (χ1) is 8.69. The molecule has 2 N–H and O–H groups in total. The van der Waals surface area contributed by atoms with E-state index in [2.05, 4.69) is 16.7 Å². The third-order valence-electron chi connectivity index (χ3n) is 2.70. The molecule has 1 unspecified atom stereocenters. The normalized spacial score (nSPS) is 11.6. The molecule has 0 aliphatic rings. The van der Waals surface area contributed by atoms with Crippen LogP contribution in [-0.2, 0) is 6.42 Å². The first-order valence-electron chi connectivity index (χ1n) is 6.09. The molecule has 0 saturated heterocycles. The number of nitrogens with zero attached hydrogens (tertiary/aromatic N) is 1. The summed E-state index contributed by atoms with van der Waals surface area (Å²) < 4.78 is 0. The number of nitrogens with one attached hydrogen (secondary N) is 2. The van der Waals surface area contributed by atoms with Gasteiger partial charge in [-0.2, -0.15) is 5.26 Å². The molecular weight excluding hydrogens is 226 g/mol. The summed E-state index contributed by atoms with van der Waals surface area (Å²) in [7, 11) is 1.89. The van der Waals surface area contributed by atoms with E-state index in [0.717, 1.165) is 18.5 Å². The van der Waals surface area contributed by atoms with Gasteiger partial charge < -0.3 is 10.6 Å². The molecule has 0 saturated carbocycles. The van der Waals surface area contributed by atoms with Gasteiger partial charge in [0.25, 0.3) is 5.91 Å². The molecule has 0 aliphatic carbocycles. The number of carbonyl (C=O) groups excluding carboxylic acids is 1. The largest absolute Gasteiger partial charge is 0.351 e. The predicted molar refractivity (Wildman–Crippen MR) is 71.2 cm³/mol. The molecule has 1 rings (SSSR count). The van der Waals surface area contributed by atoms with E-state index >= 15 is 0 Å². The third kappa shape index (κ3) is 4.19. The van der Waals surface area contributed by atoms with E-state index in [1.165, 1.54) is 0 Å². The van der Waals surface area contributed by atoms with Crippen molar-refractivity contribution in [2.45, 2.75) is 13.3 Å². The molecule has 4 heteroatoms. The van der Waals surface area contributed by atoms with Gasteiger partial charge in [0.1, 0.15) is 0 Å². The van der Waals surface area contributed by atoms with Crippen LogP contribution in [-0.4, -0.2) is 26.0 Å². The van der Waals surface area contributed by atoms with E-state index in [-0.39, 0.29) is 11.8 Å².